The molecule has 0 aromatic carbocycles. The van der Waals surface area contributed by atoms with E-state index in [1.807, 2.05) is 0 Å². The lowest BCUT2D eigenvalue weighted by atomic mass is 9.51. The van der Waals surface area contributed by atoms with Crippen LogP contribution in [0.15, 0.2) is 0 Å². The smallest absolute Gasteiger partial charge is 0.217 e. The Morgan fingerprint density at radius 3 is 2.24 bits per heavy atom. The molecule has 6 heteroatoms. The third-order valence-electron chi connectivity index (χ3n) is 7.25. The van der Waals surface area contributed by atoms with Crippen LogP contribution in [0.1, 0.15) is 90.4 Å². The third kappa shape index (κ3) is 3.21. The number of hydrogen-bond donors (Lipinski definition) is 1. The Hall–Kier alpha value is -2.10. The van der Waals surface area contributed by atoms with Crippen molar-refractivity contribution >= 4 is 5.90 Å². The van der Waals surface area contributed by atoms with Crippen LogP contribution in [0.4, 0.5) is 0 Å². The molecule has 4 atom stereocenters. The molecular formula is C23H32N4O2. The van der Waals surface area contributed by atoms with E-state index < -0.39 is 28.6 Å². The van der Waals surface area contributed by atoms with Crippen LogP contribution in [0.5, 0.6) is 0 Å². The zero-order chi connectivity index (χ0) is 21.0. The van der Waals surface area contributed by atoms with Gasteiger partial charge in [-0.3, -0.25) is 5.41 Å². The molecule has 2 bridgehead atoms. The van der Waals surface area contributed by atoms with Gasteiger partial charge < -0.3 is 9.47 Å². The minimum absolute atomic E-state index is 0.242. The highest BCUT2D eigenvalue weighted by atomic mass is 16.7. The van der Waals surface area contributed by atoms with Crippen LogP contribution in [0.25, 0.3) is 0 Å². The fourth-order valence-electron chi connectivity index (χ4n) is 5.70. The van der Waals surface area contributed by atoms with E-state index in [2.05, 4.69) is 25.1 Å². The van der Waals surface area contributed by atoms with Crippen molar-refractivity contribution in [3.63, 3.8) is 0 Å². The van der Waals surface area contributed by atoms with Gasteiger partial charge in [0.1, 0.15) is 0 Å². The minimum Gasteiger partial charge on any atom is -0.447 e. The topological polar surface area (TPSA) is 114 Å². The van der Waals surface area contributed by atoms with E-state index in [9.17, 15) is 15.8 Å². The SMILES string of the molecule is CCCCCCCCCCC1OC23CCCCC2C(C#N)(C(=N)O3)C1(C#N)C#N. The molecule has 156 valence electrons. The number of hydrogen-bond acceptors (Lipinski definition) is 6. The van der Waals surface area contributed by atoms with Crippen molar-refractivity contribution in [2.45, 2.75) is 102 Å². The van der Waals surface area contributed by atoms with Crippen LogP contribution in [-0.2, 0) is 9.47 Å². The lowest BCUT2D eigenvalue weighted by Gasteiger charge is -2.51. The van der Waals surface area contributed by atoms with E-state index in [1.165, 1.54) is 32.1 Å². The molecule has 3 aliphatic rings. The van der Waals surface area contributed by atoms with Gasteiger partial charge >= 0.3 is 0 Å². The van der Waals surface area contributed by atoms with Gasteiger partial charge in [-0.25, -0.2) is 0 Å². The molecule has 1 N–H and O–H groups in total. The maximum atomic E-state index is 10.2. The molecule has 2 saturated heterocycles. The van der Waals surface area contributed by atoms with Gasteiger partial charge in [0.2, 0.25) is 11.7 Å². The summed E-state index contributed by atoms with van der Waals surface area (Å²) in [6, 6.07) is 6.52. The van der Waals surface area contributed by atoms with Crippen molar-refractivity contribution in [3.05, 3.63) is 0 Å². The number of nitrogens with one attached hydrogen (secondary N) is 1. The second kappa shape index (κ2) is 8.73. The van der Waals surface area contributed by atoms with Crippen LogP contribution < -0.4 is 0 Å². The molecule has 29 heavy (non-hydrogen) atoms. The van der Waals surface area contributed by atoms with Crippen LogP contribution in [-0.4, -0.2) is 17.8 Å². The maximum Gasteiger partial charge on any atom is 0.217 e. The molecule has 1 saturated carbocycles. The van der Waals surface area contributed by atoms with Gasteiger partial charge in [0.25, 0.3) is 0 Å². The molecular weight excluding hydrogens is 364 g/mol. The second-order valence-electron chi connectivity index (χ2n) is 8.86. The molecule has 0 amide bonds. The van der Waals surface area contributed by atoms with Crippen LogP contribution in [0.2, 0.25) is 0 Å². The van der Waals surface area contributed by atoms with Crippen molar-refractivity contribution in [2.24, 2.45) is 16.7 Å². The number of nitriles is 3. The average Bonchev–Trinajstić information content (AvgIpc) is 2.95. The molecule has 0 radical (unpaired) electrons. The lowest BCUT2D eigenvalue weighted by molar-refractivity contribution is -0.292. The van der Waals surface area contributed by atoms with Gasteiger partial charge in [-0.2, -0.15) is 15.8 Å². The third-order valence-corrected chi connectivity index (χ3v) is 7.25. The van der Waals surface area contributed by atoms with E-state index in [1.54, 1.807) is 0 Å². The van der Waals surface area contributed by atoms with E-state index in [-0.39, 0.29) is 5.90 Å². The van der Waals surface area contributed by atoms with Gasteiger partial charge in [-0.1, -0.05) is 64.7 Å². The molecule has 4 unspecified atom stereocenters. The Morgan fingerprint density at radius 1 is 0.966 bits per heavy atom. The summed E-state index contributed by atoms with van der Waals surface area (Å²) in [4.78, 5) is 0. The largest absolute Gasteiger partial charge is 0.447 e. The molecule has 2 heterocycles. The monoisotopic (exact) mass is 396 g/mol. The highest BCUT2D eigenvalue weighted by molar-refractivity contribution is 5.89. The summed E-state index contributed by atoms with van der Waals surface area (Å²) in [5.74, 6) is -1.67. The summed E-state index contributed by atoms with van der Waals surface area (Å²) < 4.78 is 12.2. The molecule has 2 aliphatic heterocycles. The van der Waals surface area contributed by atoms with E-state index >= 15 is 0 Å². The Labute approximate surface area is 174 Å². The molecule has 3 fully saturated rings. The zero-order valence-electron chi connectivity index (χ0n) is 17.5. The molecule has 6 nitrogen and oxygen atoms in total. The number of unbranched alkanes of at least 4 members (excludes halogenated alkanes) is 7. The zero-order valence-corrected chi connectivity index (χ0v) is 17.5. The van der Waals surface area contributed by atoms with Gasteiger partial charge in [-0.15, -0.1) is 0 Å². The van der Waals surface area contributed by atoms with Gasteiger partial charge in [0.15, 0.2) is 10.8 Å². The Balaban J connectivity index is 1.75. The van der Waals surface area contributed by atoms with E-state index in [0.29, 0.717) is 19.3 Å². The average molecular weight is 397 g/mol. The quantitative estimate of drug-likeness (QED) is 0.527. The number of ether oxygens (including phenoxy) is 2. The first-order chi connectivity index (χ1) is 14.1. The lowest BCUT2D eigenvalue weighted by Crippen LogP contribution is -2.63. The number of rotatable bonds is 9. The summed E-state index contributed by atoms with van der Waals surface area (Å²) in [6.45, 7) is 2.21. The van der Waals surface area contributed by atoms with Crippen molar-refractivity contribution in [1.29, 1.82) is 21.2 Å². The standard InChI is InChI=1S/C23H32N4O2/c1-2-3-4-5-6-7-8-9-13-19-21(15-24,16-25)22(17-26)18-12-10-11-14-23(18,28-19)29-20(22)27/h18-19,27H,2-14H2,1H3. The first kappa shape index (κ1) is 21.6. The highest BCUT2D eigenvalue weighted by Gasteiger charge is 2.79. The molecule has 0 spiro atoms. The molecule has 3 rings (SSSR count). The Bertz CT molecular complexity index is 731. The summed E-state index contributed by atoms with van der Waals surface area (Å²) in [5, 5.41) is 38.8. The molecule has 1 aliphatic carbocycles. The van der Waals surface area contributed by atoms with Crippen molar-refractivity contribution in [1.82, 2.24) is 0 Å². The predicted molar refractivity (Wildman–Crippen MR) is 107 cm³/mol. The van der Waals surface area contributed by atoms with Crippen LogP contribution in [0, 0.1) is 56.2 Å². The fourth-order valence-corrected chi connectivity index (χ4v) is 5.70. The van der Waals surface area contributed by atoms with Crippen molar-refractivity contribution < 1.29 is 9.47 Å². The summed E-state index contributed by atoms with van der Waals surface area (Å²) in [6.07, 6.45) is 12.2. The van der Waals surface area contributed by atoms with Crippen LogP contribution in [0.3, 0.4) is 0 Å². The summed E-state index contributed by atoms with van der Waals surface area (Å²) in [5.41, 5.74) is -3.22. The van der Waals surface area contributed by atoms with Crippen LogP contribution >= 0.6 is 0 Å². The van der Waals surface area contributed by atoms with E-state index in [0.717, 1.165) is 32.1 Å². The molecule has 0 aromatic heterocycles. The fraction of sp³-hybridized carbons (Fsp3) is 0.826. The van der Waals surface area contributed by atoms with E-state index in [4.69, 9.17) is 14.9 Å². The first-order valence-electron chi connectivity index (χ1n) is 11.3. The van der Waals surface area contributed by atoms with Crippen molar-refractivity contribution in [3.8, 4) is 18.2 Å². The Kier molecular flexibility index (Phi) is 6.50. The molecule has 0 aromatic rings. The highest BCUT2D eigenvalue weighted by Crippen LogP contribution is 2.66. The second-order valence-corrected chi connectivity index (χ2v) is 8.86. The summed E-state index contributed by atoms with van der Waals surface area (Å²) >= 11 is 0. The van der Waals surface area contributed by atoms with Gasteiger partial charge in [0.05, 0.1) is 30.2 Å². The normalized spacial score (nSPS) is 34.3. The van der Waals surface area contributed by atoms with Crippen molar-refractivity contribution in [2.75, 3.05) is 0 Å². The number of nitrogens with zero attached hydrogens (tertiary/aromatic N) is 3. The van der Waals surface area contributed by atoms with Gasteiger partial charge in [-0.05, 0) is 19.3 Å². The first-order valence-corrected chi connectivity index (χ1v) is 11.3. The minimum atomic E-state index is -1.69. The summed E-state index contributed by atoms with van der Waals surface area (Å²) in [7, 11) is 0. The predicted octanol–water partition coefficient (Wildman–Crippen LogP) is 5.35. The Morgan fingerprint density at radius 2 is 1.62 bits per heavy atom. The maximum absolute atomic E-state index is 10.2. The van der Waals surface area contributed by atoms with Gasteiger partial charge in [0, 0.05) is 6.42 Å².